The van der Waals surface area contributed by atoms with Crippen molar-refractivity contribution in [1.82, 2.24) is 14.8 Å². The molecule has 4 rings (SSSR count). The van der Waals surface area contributed by atoms with Crippen molar-refractivity contribution in [3.8, 4) is 0 Å². The van der Waals surface area contributed by atoms with Crippen LogP contribution >= 0.6 is 11.6 Å². The van der Waals surface area contributed by atoms with Gasteiger partial charge in [0.15, 0.2) is 0 Å². The number of pyridine rings is 1. The molecule has 3 aromatic rings. The summed E-state index contributed by atoms with van der Waals surface area (Å²) in [6.45, 7) is 4.70. The minimum Gasteiger partial charge on any atom is -0.309 e. The summed E-state index contributed by atoms with van der Waals surface area (Å²) < 4.78 is 15.0. The molecule has 1 amide bonds. The quantitative estimate of drug-likeness (QED) is 0.663. The highest BCUT2D eigenvalue weighted by Gasteiger charge is 2.41. The Labute approximate surface area is 155 Å². The van der Waals surface area contributed by atoms with E-state index >= 15 is 0 Å². The third kappa shape index (κ3) is 2.65. The summed E-state index contributed by atoms with van der Waals surface area (Å²) in [5, 5.41) is 8.33. The summed E-state index contributed by atoms with van der Waals surface area (Å²) in [4.78, 5) is 14.1. The fraction of sp³-hybridized carbons (Fsp3) is 0.316. The van der Waals surface area contributed by atoms with Gasteiger partial charge in [-0.15, -0.1) is 16.7 Å². The Balaban J connectivity index is 1.88. The van der Waals surface area contributed by atoms with E-state index in [0.29, 0.717) is 13.0 Å². The van der Waals surface area contributed by atoms with Gasteiger partial charge in [0.2, 0.25) is 5.91 Å². The number of alkyl halides is 1. The highest BCUT2D eigenvalue weighted by molar-refractivity contribution is 6.29. The van der Waals surface area contributed by atoms with Gasteiger partial charge in [0.25, 0.3) is 0 Å². The van der Waals surface area contributed by atoms with Crippen LogP contribution < -0.4 is 4.90 Å². The maximum atomic E-state index is 13.2. The fourth-order valence-electron chi connectivity index (χ4n) is 3.69. The lowest BCUT2D eigenvalue weighted by Crippen LogP contribution is -2.34. The van der Waals surface area contributed by atoms with Crippen molar-refractivity contribution in [2.75, 3.05) is 17.3 Å². The molecule has 0 saturated heterocycles. The molecule has 3 heterocycles. The highest BCUT2D eigenvalue weighted by Crippen LogP contribution is 2.42. The number of hydrogen-bond acceptors (Lipinski definition) is 3. The second-order valence-corrected chi connectivity index (χ2v) is 7.50. The summed E-state index contributed by atoms with van der Waals surface area (Å²) in [5.74, 6) is -0.469. The molecule has 0 saturated carbocycles. The molecule has 134 valence electrons. The summed E-state index contributed by atoms with van der Waals surface area (Å²) >= 11 is 5.81. The minimum atomic E-state index is -0.266. The van der Waals surface area contributed by atoms with Gasteiger partial charge in [0.05, 0.1) is 23.1 Å². The molecule has 0 fully saturated rings. The number of nitrogens with zero attached hydrogens (tertiary/aromatic N) is 4. The number of rotatable bonds is 3. The lowest BCUT2D eigenvalue weighted by atomic mass is 9.90. The normalized spacial score (nSPS) is 15.5. The van der Waals surface area contributed by atoms with Gasteiger partial charge >= 0.3 is 0 Å². The Bertz CT molecular complexity index is 997. The Morgan fingerprint density at radius 1 is 1.31 bits per heavy atom. The lowest BCUT2D eigenvalue weighted by Gasteiger charge is -2.19. The van der Waals surface area contributed by atoms with E-state index in [1.807, 2.05) is 10.6 Å². The van der Waals surface area contributed by atoms with Crippen LogP contribution in [0.2, 0.25) is 0 Å². The van der Waals surface area contributed by atoms with Crippen LogP contribution in [-0.4, -0.2) is 33.2 Å². The number of fused-ring (bicyclic) bond motifs is 3. The highest BCUT2D eigenvalue weighted by atomic mass is 35.5. The SMILES string of the molecule is CC1(C)CN(C(=O)CCl)c2cc(Cc3ccc(F)cc3)c3cnnn3c21. The topological polar surface area (TPSA) is 50.5 Å². The van der Waals surface area contributed by atoms with E-state index in [-0.39, 0.29) is 23.0 Å². The van der Waals surface area contributed by atoms with Crippen molar-refractivity contribution in [3.63, 3.8) is 0 Å². The number of amides is 1. The molecule has 7 heteroatoms. The van der Waals surface area contributed by atoms with Crippen molar-refractivity contribution in [2.24, 2.45) is 0 Å². The molecule has 0 unspecified atom stereocenters. The molecule has 1 aromatic carbocycles. The van der Waals surface area contributed by atoms with Gasteiger partial charge in [-0.3, -0.25) is 4.79 Å². The summed E-state index contributed by atoms with van der Waals surface area (Å²) in [5.41, 5.74) is 4.34. The van der Waals surface area contributed by atoms with Crippen molar-refractivity contribution < 1.29 is 9.18 Å². The number of anilines is 1. The van der Waals surface area contributed by atoms with Gasteiger partial charge < -0.3 is 4.90 Å². The largest absolute Gasteiger partial charge is 0.309 e. The molecule has 0 atom stereocenters. The molecule has 0 radical (unpaired) electrons. The molecule has 0 N–H and O–H groups in total. The first kappa shape index (κ1) is 17.0. The molecule has 26 heavy (non-hydrogen) atoms. The first-order valence-electron chi connectivity index (χ1n) is 8.38. The third-order valence-electron chi connectivity index (χ3n) is 4.85. The van der Waals surface area contributed by atoms with Crippen molar-refractivity contribution in [3.05, 3.63) is 59.2 Å². The van der Waals surface area contributed by atoms with Crippen LogP contribution in [0.4, 0.5) is 10.1 Å². The zero-order chi connectivity index (χ0) is 18.5. The van der Waals surface area contributed by atoms with E-state index < -0.39 is 0 Å². The molecule has 5 nitrogen and oxygen atoms in total. The third-order valence-corrected chi connectivity index (χ3v) is 5.08. The van der Waals surface area contributed by atoms with Crippen LogP contribution in [0.3, 0.4) is 0 Å². The summed E-state index contributed by atoms with van der Waals surface area (Å²) in [7, 11) is 0. The lowest BCUT2D eigenvalue weighted by molar-refractivity contribution is -0.116. The molecule has 0 bridgehead atoms. The van der Waals surface area contributed by atoms with E-state index in [2.05, 4.69) is 24.2 Å². The first-order valence-corrected chi connectivity index (χ1v) is 8.92. The molecule has 1 aliphatic heterocycles. The molecular weight excluding hydrogens is 355 g/mol. The van der Waals surface area contributed by atoms with Gasteiger partial charge in [-0.25, -0.2) is 8.91 Å². The average Bonchev–Trinajstić information content (AvgIpc) is 3.19. The second kappa shape index (κ2) is 6.06. The molecule has 0 aliphatic carbocycles. The zero-order valence-electron chi connectivity index (χ0n) is 14.5. The van der Waals surface area contributed by atoms with Gasteiger partial charge in [-0.2, -0.15) is 0 Å². The van der Waals surface area contributed by atoms with Crippen LogP contribution in [0.1, 0.15) is 30.7 Å². The van der Waals surface area contributed by atoms with E-state index in [1.165, 1.54) is 12.1 Å². The standard InChI is InChI=1S/C19H18ClFN4O/c1-19(2)11-24(17(26)9-20)15-8-13(7-12-3-5-14(21)6-4-12)16-10-22-23-25(16)18(15)19/h3-6,8,10H,7,9,11H2,1-2H3. The Kier molecular flexibility index (Phi) is 3.95. The van der Waals surface area contributed by atoms with Crippen LogP contribution in [0.5, 0.6) is 0 Å². The Morgan fingerprint density at radius 3 is 2.73 bits per heavy atom. The van der Waals surface area contributed by atoms with Gasteiger partial charge in [-0.05, 0) is 35.7 Å². The molecule has 1 aliphatic rings. The van der Waals surface area contributed by atoms with Crippen LogP contribution in [0.25, 0.3) is 5.52 Å². The van der Waals surface area contributed by atoms with Gasteiger partial charge in [0.1, 0.15) is 11.7 Å². The minimum absolute atomic E-state index is 0.0712. The van der Waals surface area contributed by atoms with Crippen molar-refractivity contribution >= 4 is 28.7 Å². The number of halogens is 2. The van der Waals surface area contributed by atoms with E-state index in [0.717, 1.165) is 28.0 Å². The van der Waals surface area contributed by atoms with E-state index in [4.69, 9.17) is 11.6 Å². The summed E-state index contributed by atoms with van der Waals surface area (Å²) in [6, 6.07) is 8.42. The fourth-order valence-corrected chi connectivity index (χ4v) is 3.83. The van der Waals surface area contributed by atoms with Crippen LogP contribution in [0, 0.1) is 5.82 Å². The first-order chi connectivity index (χ1) is 12.4. The number of carbonyl (C=O) groups excluding carboxylic acids is 1. The van der Waals surface area contributed by atoms with Crippen molar-refractivity contribution in [1.29, 1.82) is 0 Å². The Morgan fingerprint density at radius 2 is 2.04 bits per heavy atom. The maximum absolute atomic E-state index is 13.2. The molecule has 2 aromatic heterocycles. The number of aromatic nitrogens is 3. The van der Waals surface area contributed by atoms with E-state index in [1.54, 1.807) is 23.2 Å². The maximum Gasteiger partial charge on any atom is 0.241 e. The van der Waals surface area contributed by atoms with Crippen LogP contribution in [0.15, 0.2) is 36.5 Å². The monoisotopic (exact) mass is 372 g/mol. The number of hydrogen-bond donors (Lipinski definition) is 0. The second-order valence-electron chi connectivity index (χ2n) is 7.24. The Hall–Kier alpha value is -2.47. The van der Waals surface area contributed by atoms with Crippen LogP contribution in [-0.2, 0) is 16.6 Å². The average molecular weight is 373 g/mol. The predicted molar refractivity (Wildman–Crippen MR) is 98.3 cm³/mol. The predicted octanol–water partition coefficient (Wildman–Crippen LogP) is 3.32. The van der Waals surface area contributed by atoms with Crippen molar-refractivity contribution in [2.45, 2.75) is 25.7 Å². The van der Waals surface area contributed by atoms with E-state index in [9.17, 15) is 9.18 Å². The smallest absolute Gasteiger partial charge is 0.241 e. The van der Waals surface area contributed by atoms with Gasteiger partial charge in [0, 0.05) is 12.0 Å². The number of benzene rings is 1. The van der Waals surface area contributed by atoms with Gasteiger partial charge in [-0.1, -0.05) is 31.2 Å². The number of carbonyl (C=O) groups is 1. The summed E-state index contributed by atoms with van der Waals surface area (Å²) in [6.07, 6.45) is 2.31. The molecular formula is C19H18ClFN4O. The zero-order valence-corrected chi connectivity index (χ0v) is 15.3. The molecule has 0 spiro atoms.